The molecule has 1 amide bonds. The molecule has 0 radical (unpaired) electrons. The first-order chi connectivity index (χ1) is 15.6. The number of nitrogens with zero attached hydrogens (tertiary/aromatic N) is 1. The summed E-state index contributed by atoms with van der Waals surface area (Å²) in [5.74, 6) is 1.46. The first kappa shape index (κ1) is 22.5. The number of nitriles is 1. The number of rotatable bonds is 9. The Morgan fingerprint density at radius 3 is 2.09 bits per heavy atom. The fraction of sp³-hybridized carbons (Fsp3) is 0.200. The van der Waals surface area contributed by atoms with E-state index in [1.165, 1.54) is 21.3 Å². The highest BCUT2D eigenvalue weighted by molar-refractivity contribution is 5.94. The quantitative estimate of drug-likeness (QED) is 0.543. The highest BCUT2D eigenvalue weighted by Gasteiger charge is 2.21. The maximum Gasteiger partial charge on any atom is 0.252 e. The smallest absolute Gasteiger partial charge is 0.252 e. The molecule has 0 saturated heterocycles. The Balaban J connectivity index is 1.70. The van der Waals surface area contributed by atoms with Gasteiger partial charge in [-0.2, -0.15) is 5.26 Å². The van der Waals surface area contributed by atoms with Gasteiger partial charge in [0.1, 0.15) is 18.4 Å². The number of hydrogen-bond acceptors (Lipinski definition) is 6. The Kier molecular flexibility index (Phi) is 7.55. The summed E-state index contributed by atoms with van der Waals surface area (Å²) in [6, 6.07) is 21.0. The van der Waals surface area contributed by atoms with Gasteiger partial charge in [0, 0.05) is 5.56 Å². The molecule has 0 saturated carbocycles. The average Bonchev–Trinajstić information content (AvgIpc) is 2.85. The second-order valence-corrected chi connectivity index (χ2v) is 6.79. The first-order valence-electron chi connectivity index (χ1n) is 9.86. The molecule has 0 fully saturated rings. The molecule has 7 heteroatoms. The van der Waals surface area contributed by atoms with Gasteiger partial charge in [-0.3, -0.25) is 4.79 Å². The van der Waals surface area contributed by atoms with Crippen LogP contribution in [0.3, 0.4) is 0 Å². The number of carbonyl (C=O) groups is 1. The molecule has 32 heavy (non-hydrogen) atoms. The summed E-state index contributed by atoms with van der Waals surface area (Å²) in [6.45, 7) is 0.435. The lowest BCUT2D eigenvalue weighted by Gasteiger charge is -2.17. The molecule has 1 N–H and O–H groups in total. The van der Waals surface area contributed by atoms with E-state index in [4.69, 9.17) is 18.9 Å². The van der Waals surface area contributed by atoms with Crippen LogP contribution in [0.25, 0.3) is 0 Å². The van der Waals surface area contributed by atoms with E-state index in [9.17, 15) is 10.1 Å². The normalized spacial score (nSPS) is 11.1. The highest BCUT2D eigenvalue weighted by atomic mass is 16.5. The van der Waals surface area contributed by atoms with Crippen LogP contribution in [0.1, 0.15) is 27.5 Å². The molecule has 1 atom stereocenters. The van der Waals surface area contributed by atoms with Crippen LogP contribution in [-0.2, 0) is 6.61 Å². The first-order valence-corrected chi connectivity index (χ1v) is 9.86. The molecule has 3 aromatic rings. The molecule has 3 rings (SSSR count). The van der Waals surface area contributed by atoms with Crippen molar-refractivity contribution in [2.45, 2.75) is 12.6 Å². The fourth-order valence-electron chi connectivity index (χ4n) is 3.12. The summed E-state index contributed by atoms with van der Waals surface area (Å²) in [5, 5.41) is 12.4. The predicted molar refractivity (Wildman–Crippen MR) is 119 cm³/mol. The van der Waals surface area contributed by atoms with Crippen LogP contribution in [0.15, 0.2) is 66.7 Å². The Hall–Kier alpha value is -4.18. The summed E-state index contributed by atoms with van der Waals surface area (Å²) in [4.78, 5) is 12.7. The molecule has 0 bridgehead atoms. The van der Waals surface area contributed by atoms with Crippen molar-refractivity contribution in [2.75, 3.05) is 21.3 Å². The molecule has 1 unspecified atom stereocenters. The number of benzene rings is 3. The number of amides is 1. The SMILES string of the molecule is COc1cc(C(C#N)NC(=O)c2ccc(OCc3ccccc3)cc2)cc(OC)c1OC. The van der Waals surface area contributed by atoms with E-state index in [-0.39, 0.29) is 5.91 Å². The zero-order valence-electron chi connectivity index (χ0n) is 18.1. The molecular formula is C25H24N2O5. The highest BCUT2D eigenvalue weighted by Crippen LogP contribution is 2.39. The maximum absolute atomic E-state index is 12.7. The third kappa shape index (κ3) is 5.29. The minimum atomic E-state index is -0.912. The molecule has 7 nitrogen and oxygen atoms in total. The Morgan fingerprint density at radius 2 is 1.56 bits per heavy atom. The Bertz CT molecular complexity index is 1070. The molecule has 0 aliphatic carbocycles. The number of carbonyl (C=O) groups excluding carboxylic acids is 1. The van der Waals surface area contributed by atoms with Crippen LogP contribution >= 0.6 is 0 Å². The van der Waals surface area contributed by atoms with E-state index in [1.807, 2.05) is 30.3 Å². The monoisotopic (exact) mass is 432 g/mol. The summed E-state index contributed by atoms with van der Waals surface area (Å²) in [5.41, 5.74) is 1.97. The van der Waals surface area contributed by atoms with Gasteiger partial charge in [-0.05, 0) is 47.5 Å². The zero-order chi connectivity index (χ0) is 22.9. The largest absolute Gasteiger partial charge is 0.493 e. The van der Waals surface area contributed by atoms with Crippen molar-refractivity contribution in [3.8, 4) is 29.1 Å². The van der Waals surface area contributed by atoms with Crippen LogP contribution in [-0.4, -0.2) is 27.2 Å². The summed E-state index contributed by atoms with van der Waals surface area (Å²) in [7, 11) is 4.47. The third-order valence-electron chi connectivity index (χ3n) is 4.79. The number of methoxy groups -OCH3 is 3. The predicted octanol–water partition coefficient (Wildman–Crippen LogP) is 4.29. The molecule has 0 heterocycles. The molecule has 164 valence electrons. The van der Waals surface area contributed by atoms with Gasteiger partial charge in [0.2, 0.25) is 5.75 Å². The van der Waals surface area contributed by atoms with Crippen LogP contribution in [0.2, 0.25) is 0 Å². The van der Waals surface area contributed by atoms with Crippen molar-refractivity contribution in [3.63, 3.8) is 0 Å². The average molecular weight is 432 g/mol. The molecule has 0 spiro atoms. The van der Waals surface area contributed by atoms with Gasteiger partial charge in [-0.1, -0.05) is 30.3 Å². The lowest BCUT2D eigenvalue weighted by atomic mass is 10.1. The van der Waals surface area contributed by atoms with Gasteiger partial charge in [0.25, 0.3) is 5.91 Å². The van der Waals surface area contributed by atoms with Crippen molar-refractivity contribution in [1.82, 2.24) is 5.32 Å². The number of hydrogen-bond donors (Lipinski definition) is 1. The van der Waals surface area contributed by atoms with Gasteiger partial charge >= 0.3 is 0 Å². The molecule has 3 aromatic carbocycles. The third-order valence-corrected chi connectivity index (χ3v) is 4.79. The standard InChI is InChI=1S/C25H24N2O5/c1-29-22-13-19(14-23(30-2)24(22)31-3)21(15-26)27-25(28)18-9-11-20(12-10-18)32-16-17-7-5-4-6-8-17/h4-14,21H,16H2,1-3H3,(H,27,28). The number of nitrogens with one attached hydrogen (secondary N) is 1. The van der Waals surface area contributed by atoms with Gasteiger partial charge in [0.15, 0.2) is 11.5 Å². The van der Waals surface area contributed by atoms with E-state index in [0.717, 1.165) is 5.56 Å². The fourth-order valence-corrected chi connectivity index (χ4v) is 3.12. The van der Waals surface area contributed by atoms with Gasteiger partial charge in [0.05, 0.1) is 27.4 Å². The van der Waals surface area contributed by atoms with Gasteiger partial charge < -0.3 is 24.3 Å². The van der Waals surface area contributed by atoms with E-state index < -0.39 is 6.04 Å². The minimum absolute atomic E-state index is 0.389. The van der Waals surface area contributed by atoms with Crippen molar-refractivity contribution >= 4 is 5.91 Å². The van der Waals surface area contributed by atoms with Gasteiger partial charge in [-0.25, -0.2) is 0 Å². The van der Waals surface area contributed by atoms with Crippen molar-refractivity contribution in [3.05, 3.63) is 83.4 Å². The van der Waals surface area contributed by atoms with E-state index in [0.29, 0.717) is 40.7 Å². The van der Waals surface area contributed by atoms with E-state index in [2.05, 4.69) is 11.4 Å². The Labute approximate surface area is 187 Å². The van der Waals surface area contributed by atoms with E-state index in [1.54, 1.807) is 36.4 Å². The van der Waals surface area contributed by atoms with Gasteiger partial charge in [-0.15, -0.1) is 0 Å². The van der Waals surface area contributed by atoms with Crippen LogP contribution < -0.4 is 24.3 Å². The second kappa shape index (κ2) is 10.7. The van der Waals surface area contributed by atoms with Crippen LogP contribution in [0.4, 0.5) is 0 Å². The molecule has 0 aliphatic heterocycles. The lowest BCUT2D eigenvalue weighted by Crippen LogP contribution is -2.27. The lowest BCUT2D eigenvalue weighted by molar-refractivity contribution is 0.0945. The topological polar surface area (TPSA) is 89.8 Å². The number of ether oxygens (including phenoxy) is 4. The summed E-state index contributed by atoms with van der Waals surface area (Å²) in [6.07, 6.45) is 0. The Morgan fingerprint density at radius 1 is 0.938 bits per heavy atom. The summed E-state index contributed by atoms with van der Waals surface area (Å²) < 4.78 is 21.7. The van der Waals surface area contributed by atoms with Crippen molar-refractivity contribution in [2.24, 2.45) is 0 Å². The molecule has 0 aromatic heterocycles. The zero-order valence-corrected chi connectivity index (χ0v) is 18.1. The molecule has 0 aliphatic rings. The minimum Gasteiger partial charge on any atom is -0.493 e. The van der Waals surface area contributed by atoms with Crippen LogP contribution in [0.5, 0.6) is 23.0 Å². The van der Waals surface area contributed by atoms with Crippen LogP contribution in [0, 0.1) is 11.3 Å². The van der Waals surface area contributed by atoms with Crippen molar-refractivity contribution < 1.29 is 23.7 Å². The summed E-state index contributed by atoms with van der Waals surface area (Å²) >= 11 is 0. The molecular weight excluding hydrogens is 408 g/mol. The van der Waals surface area contributed by atoms with E-state index >= 15 is 0 Å². The van der Waals surface area contributed by atoms with Crippen molar-refractivity contribution in [1.29, 1.82) is 5.26 Å². The second-order valence-electron chi connectivity index (χ2n) is 6.79. The maximum atomic E-state index is 12.7.